The van der Waals surface area contributed by atoms with Crippen molar-refractivity contribution in [1.82, 2.24) is 4.98 Å². The number of ether oxygens (including phenoxy) is 1. The number of amides is 1. The molecule has 0 aliphatic heterocycles. The zero-order chi connectivity index (χ0) is 28.4. The molecule has 3 saturated carbocycles. The number of carboxylic acids is 1. The lowest BCUT2D eigenvalue weighted by atomic mass is 9.99. The summed E-state index contributed by atoms with van der Waals surface area (Å²) in [5.41, 5.74) is 5.04. The summed E-state index contributed by atoms with van der Waals surface area (Å²) in [6.07, 6.45) is 3.21. The zero-order valence-corrected chi connectivity index (χ0v) is 23.6. The average Bonchev–Trinajstić information content (AvgIpc) is 3.84. The molecule has 2 aromatic rings. The molecular formula is C31H38N4O4. The first kappa shape index (κ1) is 28.2. The highest BCUT2D eigenvalue weighted by molar-refractivity contribution is 6.11. The zero-order valence-electron chi connectivity index (χ0n) is 23.6. The maximum atomic E-state index is 13.3. The number of carbonyl (C=O) groups excluding carboxylic acids is 1. The molecular weight excluding hydrogens is 492 g/mol. The molecule has 3 aliphatic rings. The van der Waals surface area contributed by atoms with Gasteiger partial charge in [0.2, 0.25) is 5.90 Å². The van der Waals surface area contributed by atoms with Crippen molar-refractivity contribution in [2.45, 2.75) is 72.3 Å². The van der Waals surface area contributed by atoms with Crippen LogP contribution >= 0.6 is 0 Å². The second kappa shape index (κ2) is 11.5. The van der Waals surface area contributed by atoms with E-state index in [0.29, 0.717) is 36.0 Å². The topological polar surface area (TPSA) is 116 Å². The van der Waals surface area contributed by atoms with E-state index in [1.807, 2.05) is 26.8 Å². The van der Waals surface area contributed by atoms with Crippen molar-refractivity contribution in [1.29, 1.82) is 5.41 Å². The number of carboxylic acid groups (broad SMARTS) is 1. The minimum absolute atomic E-state index is 0.0964. The monoisotopic (exact) mass is 530 g/mol. The fraction of sp³-hybridized carbons (Fsp3) is 0.484. The van der Waals surface area contributed by atoms with Gasteiger partial charge in [-0.2, -0.15) is 0 Å². The Morgan fingerprint density at radius 3 is 2.33 bits per heavy atom. The summed E-state index contributed by atoms with van der Waals surface area (Å²) in [6, 6.07) is 7.73. The Kier molecular flexibility index (Phi) is 8.29. The second-order valence-corrected chi connectivity index (χ2v) is 10.3. The minimum atomic E-state index is -0.743. The lowest BCUT2D eigenvalue weighted by Gasteiger charge is -2.25. The van der Waals surface area contributed by atoms with Gasteiger partial charge in [0.25, 0.3) is 0 Å². The fourth-order valence-corrected chi connectivity index (χ4v) is 5.66. The third kappa shape index (κ3) is 5.63. The van der Waals surface area contributed by atoms with Gasteiger partial charge in [0.1, 0.15) is 17.6 Å². The van der Waals surface area contributed by atoms with Crippen molar-refractivity contribution in [2.75, 3.05) is 17.3 Å². The Morgan fingerprint density at radius 2 is 1.77 bits per heavy atom. The number of aryl methyl sites for hydroxylation is 2. The van der Waals surface area contributed by atoms with E-state index in [9.17, 15) is 14.7 Å². The Hall–Kier alpha value is -3.86. The van der Waals surface area contributed by atoms with Gasteiger partial charge in [0.15, 0.2) is 0 Å². The average molecular weight is 531 g/mol. The summed E-state index contributed by atoms with van der Waals surface area (Å²) in [7, 11) is 1.75. The molecule has 0 radical (unpaired) electrons. The molecule has 1 heterocycles. The van der Waals surface area contributed by atoms with Gasteiger partial charge < -0.3 is 15.2 Å². The van der Waals surface area contributed by atoms with Crippen LogP contribution in [0.1, 0.15) is 74.8 Å². The van der Waals surface area contributed by atoms with E-state index in [0.717, 1.165) is 29.7 Å². The number of nitrogens with one attached hydrogen (secondary N) is 2. The molecule has 3 aliphatic carbocycles. The van der Waals surface area contributed by atoms with Crippen LogP contribution in [0.5, 0.6) is 0 Å². The molecule has 8 nitrogen and oxygen atoms in total. The Balaban J connectivity index is 0.00000172. The molecule has 0 saturated heterocycles. The van der Waals surface area contributed by atoms with Crippen LogP contribution in [-0.2, 0) is 14.3 Å². The smallest absolute Gasteiger partial charge is 0.308 e. The largest absolute Gasteiger partial charge is 0.481 e. The van der Waals surface area contributed by atoms with Crippen LogP contribution < -0.4 is 10.2 Å². The highest BCUT2D eigenvalue weighted by atomic mass is 16.5. The van der Waals surface area contributed by atoms with Gasteiger partial charge in [0, 0.05) is 7.05 Å². The van der Waals surface area contributed by atoms with Crippen molar-refractivity contribution in [3.05, 3.63) is 46.6 Å². The molecule has 2 atom stereocenters. The first-order chi connectivity index (χ1) is 18.7. The van der Waals surface area contributed by atoms with Crippen molar-refractivity contribution in [2.24, 2.45) is 17.8 Å². The summed E-state index contributed by atoms with van der Waals surface area (Å²) in [5.74, 6) is 4.92. The van der Waals surface area contributed by atoms with Crippen LogP contribution in [0, 0.1) is 48.9 Å². The molecule has 0 bridgehead atoms. The van der Waals surface area contributed by atoms with Gasteiger partial charge in [-0.1, -0.05) is 25.8 Å². The molecule has 206 valence electrons. The summed E-state index contributed by atoms with van der Waals surface area (Å²) < 4.78 is 5.98. The van der Waals surface area contributed by atoms with Gasteiger partial charge in [-0.05, 0) is 105 Å². The minimum Gasteiger partial charge on any atom is -0.481 e. The number of aliphatic carboxylic acids is 1. The summed E-state index contributed by atoms with van der Waals surface area (Å²) in [5, 5.41) is 21.0. The third-order valence-corrected chi connectivity index (χ3v) is 7.90. The number of carbonyl (C=O) groups is 2. The maximum absolute atomic E-state index is 13.3. The summed E-state index contributed by atoms with van der Waals surface area (Å²) in [6.45, 7) is 9.73. The first-order valence-electron chi connectivity index (χ1n) is 13.8. The Labute approximate surface area is 230 Å². The van der Waals surface area contributed by atoms with Gasteiger partial charge >= 0.3 is 11.9 Å². The van der Waals surface area contributed by atoms with Crippen LogP contribution in [0.4, 0.5) is 17.2 Å². The lowest BCUT2D eigenvalue weighted by molar-refractivity contribution is -0.139. The quantitative estimate of drug-likeness (QED) is 0.237. The number of rotatable bonds is 7. The maximum Gasteiger partial charge on any atom is 0.308 e. The van der Waals surface area contributed by atoms with Gasteiger partial charge in [0.05, 0.1) is 17.3 Å². The molecule has 5 rings (SSSR count). The van der Waals surface area contributed by atoms with Gasteiger partial charge in [-0.25, -0.2) is 4.98 Å². The Morgan fingerprint density at radius 1 is 1.13 bits per heavy atom. The standard InChI is InChI=1S/C29H32N4O4.C2H6/c1-5-6-25(34)33(23-12-16(3)15(2)11-19(23)17-7-8-17)24-10-9-22(31-4)27(32-24)28(30)37-18-13-20-21(14-18)26(20)29(35)36;1-2/h9-12,17-18,20-21,26,30-31H,7-8,13-14H2,1-4H3,(H,35,36);1-2H3. The normalized spacial score (nSPS) is 22.3. The number of hydrogen-bond donors (Lipinski definition) is 3. The SMILES string of the molecule is CC.CC#CC(=O)N(c1ccc(NC)c(C(=N)OC2CC3C(C2)C3C(=O)O)n1)c1cc(C)c(C)cc1C1CC1. The number of nitrogens with zero attached hydrogens (tertiary/aromatic N) is 2. The number of aromatic nitrogens is 1. The van der Waals surface area contributed by atoms with Crippen molar-refractivity contribution in [3.8, 4) is 11.8 Å². The lowest BCUT2D eigenvalue weighted by Crippen LogP contribution is -2.28. The molecule has 1 aromatic carbocycles. The van der Waals surface area contributed by atoms with Crippen LogP contribution in [0.15, 0.2) is 24.3 Å². The molecule has 39 heavy (non-hydrogen) atoms. The van der Waals surface area contributed by atoms with Crippen molar-refractivity contribution >= 4 is 35.0 Å². The van der Waals surface area contributed by atoms with Gasteiger partial charge in [-0.15, -0.1) is 0 Å². The molecule has 1 amide bonds. The predicted octanol–water partition coefficient (Wildman–Crippen LogP) is 5.78. The van der Waals surface area contributed by atoms with Crippen LogP contribution in [0.25, 0.3) is 0 Å². The van der Waals surface area contributed by atoms with E-state index in [4.69, 9.17) is 15.1 Å². The number of pyridine rings is 1. The third-order valence-electron chi connectivity index (χ3n) is 7.90. The van der Waals surface area contributed by atoms with Crippen LogP contribution in [0.2, 0.25) is 0 Å². The van der Waals surface area contributed by atoms with Crippen molar-refractivity contribution < 1.29 is 19.4 Å². The van der Waals surface area contributed by atoms with Crippen LogP contribution in [0.3, 0.4) is 0 Å². The summed E-state index contributed by atoms with van der Waals surface area (Å²) in [4.78, 5) is 30.9. The first-order valence-corrected chi connectivity index (χ1v) is 13.8. The number of anilines is 3. The predicted molar refractivity (Wildman–Crippen MR) is 153 cm³/mol. The van der Waals surface area contributed by atoms with E-state index >= 15 is 0 Å². The molecule has 0 spiro atoms. The molecule has 1 aromatic heterocycles. The summed E-state index contributed by atoms with van der Waals surface area (Å²) >= 11 is 0. The van der Waals surface area contributed by atoms with E-state index in [-0.39, 0.29) is 35.7 Å². The van der Waals surface area contributed by atoms with Crippen molar-refractivity contribution in [3.63, 3.8) is 0 Å². The number of benzene rings is 1. The van der Waals surface area contributed by atoms with Crippen LogP contribution in [-0.4, -0.2) is 41.0 Å². The van der Waals surface area contributed by atoms with E-state index < -0.39 is 5.97 Å². The Bertz CT molecular complexity index is 1340. The number of hydrogen-bond acceptors (Lipinski definition) is 6. The molecule has 8 heteroatoms. The van der Waals surface area contributed by atoms with E-state index in [1.165, 1.54) is 5.56 Å². The molecule has 3 N–H and O–H groups in total. The molecule has 3 fully saturated rings. The fourth-order valence-electron chi connectivity index (χ4n) is 5.66. The van der Waals surface area contributed by atoms with E-state index in [2.05, 4.69) is 30.1 Å². The second-order valence-electron chi connectivity index (χ2n) is 10.3. The number of fused-ring (bicyclic) bond motifs is 1. The van der Waals surface area contributed by atoms with Gasteiger partial charge in [-0.3, -0.25) is 19.9 Å². The molecule has 2 unspecified atom stereocenters. The highest BCUT2D eigenvalue weighted by Crippen LogP contribution is 2.58. The highest BCUT2D eigenvalue weighted by Gasteiger charge is 2.60. The van der Waals surface area contributed by atoms with E-state index in [1.54, 1.807) is 31.0 Å².